The minimum absolute atomic E-state index is 0. The third kappa shape index (κ3) is 7.31. The first-order chi connectivity index (χ1) is 14.9. The Morgan fingerprint density at radius 3 is 2.47 bits per heavy atom. The molecule has 0 radical (unpaired) electrons. The number of hydrogen-bond acceptors (Lipinski definition) is 4. The third-order valence-corrected chi connectivity index (χ3v) is 6.91. The van der Waals surface area contributed by atoms with E-state index in [1.165, 1.54) is 12.1 Å². The molecule has 0 aromatic heterocycles. The number of ether oxygens (including phenoxy) is 1. The molecule has 0 bridgehead atoms. The molecule has 7 nitrogen and oxygen atoms in total. The summed E-state index contributed by atoms with van der Waals surface area (Å²) in [5.41, 5.74) is 0.937. The Labute approximate surface area is 206 Å². The average molecular weight is 576 g/mol. The molecule has 0 spiro atoms. The number of nitrogens with one attached hydrogen (secondary N) is 2. The molecule has 10 heteroatoms. The van der Waals surface area contributed by atoms with E-state index in [9.17, 15) is 12.8 Å². The van der Waals surface area contributed by atoms with Gasteiger partial charge in [0, 0.05) is 32.7 Å². The van der Waals surface area contributed by atoms with E-state index in [1.807, 2.05) is 6.92 Å². The predicted molar refractivity (Wildman–Crippen MR) is 135 cm³/mol. The third-order valence-electron chi connectivity index (χ3n) is 5.00. The first-order valence-electron chi connectivity index (χ1n) is 10.3. The topological polar surface area (TPSA) is 83.0 Å². The standard InChI is InChI=1S/C22H29FN4O3S.HI/c1-17(30-20-7-5-6-19(23)14-20)15-25-22(24-2)26-16-18-8-10-21(11-9-18)31(28,29)27-12-3-4-13-27;/h5-11,14,17H,3-4,12-13,15-16H2,1-2H3,(H2,24,25,26);1H. The Kier molecular flexibility index (Phi) is 10.2. The molecule has 1 saturated heterocycles. The minimum Gasteiger partial charge on any atom is -0.489 e. The monoisotopic (exact) mass is 576 g/mol. The quantitative estimate of drug-likeness (QED) is 0.286. The fourth-order valence-electron chi connectivity index (χ4n) is 3.32. The highest BCUT2D eigenvalue weighted by molar-refractivity contribution is 14.0. The number of halogens is 2. The van der Waals surface area contributed by atoms with Crippen molar-refractivity contribution in [2.75, 3.05) is 26.7 Å². The van der Waals surface area contributed by atoms with Crippen LogP contribution in [0.25, 0.3) is 0 Å². The summed E-state index contributed by atoms with van der Waals surface area (Å²) in [7, 11) is -1.73. The van der Waals surface area contributed by atoms with Crippen molar-refractivity contribution in [2.24, 2.45) is 4.99 Å². The van der Waals surface area contributed by atoms with Crippen LogP contribution in [0.3, 0.4) is 0 Å². The van der Waals surface area contributed by atoms with Crippen molar-refractivity contribution >= 4 is 40.0 Å². The van der Waals surface area contributed by atoms with Crippen LogP contribution in [0.5, 0.6) is 5.75 Å². The molecule has 2 aromatic carbocycles. The summed E-state index contributed by atoms with van der Waals surface area (Å²) in [6, 6.07) is 12.9. The first kappa shape index (κ1) is 26.3. The van der Waals surface area contributed by atoms with E-state index in [0.29, 0.717) is 42.8 Å². The van der Waals surface area contributed by atoms with Crippen LogP contribution < -0.4 is 15.4 Å². The van der Waals surface area contributed by atoms with Crippen LogP contribution in [-0.2, 0) is 16.6 Å². The lowest BCUT2D eigenvalue weighted by molar-refractivity contribution is 0.223. The summed E-state index contributed by atoms with van der Waals surface area (Å²) in [6.07, 6.45) is 1.63. The number of hydrogen-bond donors (Lipinski definition) is 2. The summed E-state index contributed by atoms with van der Waals surface area (Å²) in [5.74, 6) is 0.721. The van der Waals surface area contributed by atoms with Crippen molar-refractivity contribution in [3.8, 4) is 5.75 Å². The number of guanidine groups is 1. The zero-order valence-corrected chi connectivity index (χ0v) is 21.4. The van der Waals surface area contributed by atoms with Gasteiger partial charge in [-0.25, -0.2) is 12.8 Å². The van der Waals surface area contributed by atoms with Gasteiger partial charge in [-0.05, 0) is 49.6 Å². The Morgan fingerprint density at radius 1 is 1.16 bits per heavy atom. The van der Waals surface area contributed by atoms with Gasteiger partial charge < -0.3 is 15.4 Å². The number of rotatable bonds is 8. The molecule has 176 valence electrons. The van der Waals surface area contributed by atoms with Gasteiger partial charge in [-0.3, -0.25) is 4.99 Å². The lowest BCUT2D eigenvalue weighted by Crippen LogP contribution is -2.41. The van der Waals surface area contributed by atoms with E-state index in [1.54, 1.807) is 47.8 Å². The van der Waals surface area contributed by atoms with Crippen molar-refractivity contribution in [1.29, 1.82) is 0 Å². The van der Waals surface area contributed by atoms with Gasteiger partial charge in [0.15, 0.2) is 5.96 Å². The molecule has 1 fully saturated rings. The summed E-state index contributed by atoms with van der Waals surface area (Å²) < 4.78 is 45.7. The lowest BCUT2D eigenvalue weighted by Gasteiger charge is -2.18. The van der Waals surface area contributed by atoms with Gasteiger partial charge in [0.05, 0.1) is 11.4 Å². The van der Waals surface area contributed by atoms with E-state index in [4.69, 9.17) is 4.74 Å². The molecule has 1 heterocycles. The highest BCUT2D eigenvalue weighted by Crippen LogP contribution is 2.21. The summed E-state index contributed by atoms with van der Waals surface area (Å²) in [6.45, 7) is 4.03. The first-order valence-corrected chi connectivity index (χ1v) is 11.8. The molecule has 3 rings (SSSR count). The fraction of sp³-hybridized carbons (Fsp3) is 0.409. The second kappa shape index (κ2) is 12.4. The lowest BCUT2D eigenvalue weighted by atomic mass is 10.2. The van der Waals surface area contributed by atoms with Crippen LogP contribution in [0.2, 0.25) is 0 Å². The highest BCUT2D eigenvalue weighted by Gasteiger charge is 2.26. The minimum atomic E-state index is -3.40. The van der Waals surface area contributed by atoms with E-state index in [0.717, 1.165) is 18.4 Å². The van der Waals surface area contributed by atoms with E-state index >= 15 is 0 Å². The van der Waals surface area contributed by atoms with Gasteiger partial charge in [0.25, 0.3) is 0 Å². The number of aliphatic imine (C=N–C) groups is 1. The molecule has 1 aliphatic rings. The van der Waals surface area contributed by atoms with Crippen molar-refractivity contribution in [2.45, 2.75) is 37.3 Å². The Balaban J connectivity index is 0.00000363. The molecule has 32 heavy (non-hydrogen) atoms. The fourth-order valence-corrected chi connectivity index (χ4v) is 4.83. The number of sulfonamides is 1. The smallest absolute Gasteiger partial charge is 0.243 e. The molecule has 1 unspecified atom stereocenters. The maximum Gasteiger partial charge on any atom is 0.243 e. The SMILES string of the molecule is CN=C(NCc1ccc(S(=O)(=O)N2CCCC2)cc1)NCC(C)Oc1cccc(F)c1.I. The Hall–Kier alpha value is -1.92. The van der Waals surface area contributed by atoms with E-state index in [2.05, 4.69) is 15.6 Å². The number of nitrogens with zero attached hydrogens (tertiary/aromatic N) is 2. The number of benzene rings is 2. The van der Waals surface area contributed by atoms with Gasteiger partial charge in [0.1, 0.15) is 17.7 Å². The van der Waals surface area contributed by atoms with Crippen LogP contribution in [0.4, 0.5) is 4.39 Å². The van der Waals surface area contributed by atoms with E-state index in [-0.39, 0.29) is 35.9 Å². The predicted octanol–water partition coefficient (Wildman–Crippen LogP) is 3.36. The molecule has 0 saturated carbocycles. The van der Waals surface area contributed by atoms with Gasteiger partial charge in [-0.15, -0.1) is 24.0 Å². The second-order valence-corrected chi connectivity index (χ2v) is 9.39. The summed E-state index contributed by atoms with van der Waals surface area (Å²) in [5, 5.41) is 6.36. The van der Waals surface area contributed by atoms with Crippen LogP contribution in [0.1, 0.15) is 25.3 Å². The molecule has 2 N–H and O–H groups in total. The maximum absolute atomic E-state index is 13.3. The van der Waals surface area contributed by atoms with Gasteiger partial charge in [-0.1, -0.05) is 18.2 Å². The largest absolute Gasteiger partial charge is 0.489 e. The zero-order valence-electron chi connectivity index (χ0n) is 18.3. The molecule has 1 atom stereocenters. The van der Waals surface area contributed by atoms with Gasteiger partial charge in [-0.2, -0.15) is 4.31 Å². The average Bonchev–Trinajstić information content (AvgIpc) is 3.30. The molecular weight excluding hydrogens is 546 g/mol. The summed E-state index contributed by atoms with van der Waals surface area (Å²) >= 11 is 0. The van der Waals surface area contributed by atoms with Gasteiger partial charge >= 0.3 is 0 Å². The molecule has 0 aliphatic carbocycles. The second-order valence-electron chi connectivity index (χ2n) is 7.45. The van der Waals surface area contributed by atoms with Crippen molar-refractivity contribution in [3.05, 3.63) is 59.9 Å². The van der Waals surface area contributed by atoms with Gasteiger partial charge in [0.2, 0.25) is 10.0 Å². The van der Waals surface area contributed by atoms with Crippen LogP contribution in [0.15, 0.2) is 58.4 Å². The Morgan fingerprint density at radius 2 is 1.84 bits per heavy atom. The van der Waals surface area contributed by atoms with Crippen LogP contribution in [-0.4, -0.2) is 51.5 Å². The normalized spacial score (nSPS) is 15.7. The van der Waals surface area contributed by atoms with Crippen molar-refractivity contribution in [3.63, 3.8) is 0 Å². The zero-order chi connectivity index (χ0) is 22.3. The van der Waals surface area contributed by atoms with E-state index < -0.39 is 10.0 Å². The Bertz CT molecular complexity index is 996. The molecular formula is C22H30FIN4O3S. The van der Waals surface area contributed by atoms with Crippen molar-refractivity contribution in [1.82, 2.24) is 14.9 Å². The molecule has 2 aromatic rings. The molecule has 1 aliphatic heterocycles. The van der Waals surface area contributed by atoms with Crippen LogP contribution >= 0.6 is 24.0 Å². The van der Waals surface area contributed by atoms with Crippen molar-refractivity contribution < 1.29 is 17.5 Å². The molecule has 0 amide bonds. The highest BCUT2D eigenvalue weighted by atomic mass is 127. The summed E-state index contributed by atoms with van der Waals surface area (Å²) in [4.78, 5) is 4.50. The van der Waals surface area contributed by atoms with Crippen LogP contribution in [0, 0.1) is 5.82 Å². The maximum atomic E-state index is 13.3.